The van der Waals surface area contributed by atoms with Crippen LogP contribution < -0.4 is 5.32 Å². The molecular weight excluding hydrogens is 390 g/mol. The number of anilines is 1. The molecular formula is C16H14BrN5OS. The van der Waals surface area contributed by atoms with Crippen molar-refractivity contribution in [2.75, 3.05) is 11.1 Å². The van der Waals surface area contributed by atoms with Gasteiger partial charge in [0, 0.05) is 10.2 Å². The first kappa shape index (κ1) is 16.7. The fourth-order valence-electron chi connectivity index (χ4n) is 2.01. The lowest BCUT2D eigenvalue weighted by molar-refractivity contribution is -0.113. The molecule has 0 aliphatic carbocycles. The number of nitrogens with one attached hydrogen (secondary N) is 1. The van der Waals surface area contributed by atoms with Crippen molar-refractivity contribution in [3.63, 3.8) is 0 Å². The Labute approximate surface area is 151 Å². The maximum absolute atomic E-state index is 12.1. The summed E-state index contributed by atoms with van der Waals surface area (Å²) in [6, 6.07) is 15.3. The van der Waals surface area contributed by atoms with Gasteiger partial charge in [-0.1, -0.05) is 51.5 Å². The summed E-state index contributed by atoms with van der Waals surface area (Å²) < 4.78 is 2.53. The normalized spacial score (nSPS) is 10.6. The second-order valence-electron chi connectivity index (χ2n) is 5.06. The number of tetrazole rings is 1. The zero-order valence-electron chi connectivity index (χ0n) is 12.8. The summed E-state index contributed by atoms with van der Waals surface area (Å²) in [7, 11) is 0. The number of carbonyl (C=O) groups excluding carboxylic acids is 1. The van der Waals surface area contributed by atoms with Crippen molar-refractivity contribution in [2.45, 2.75) is 12.1 Å². The van der Waals surface area contributed by atoms with E-state index < -0.39 is 0 Å². The summed E-state index contributed by atoms with van der Waals surface area (Å²) in [6.45, 7) is 2.02. The molecule has 1 aromatic heterocycles. The molecule has 0 saturated heterocycles. The maximum Gasteiger partial charge on any atom is 0.234 e. The van der Waals surface area contributed by atoms with Crippen LogP contribution in [-0.4, -0.2) is 31.9 Å². The topological polar surface area (TPSA) is 72.7 Å². The van der Waals surface area contributed by atoms with Gasteiger partial charge in [-0.2, -0.15) is 4.68 Å². The number of benzene rings is 2. The van der Waals surface area contributed by atoms with Crippen LogP contribution in [-0.2, 0) is 4.79 Å². The Bertz CT molecular complexity index is 850. The van der Waals surface area contributed by atoms with E-state index in [0.717, 1.165) is 21.4 Å². The first-order valence-electron chi connectivity index (χ1n) is 7.15. The molecule has 24 heavy (non-hydrogen) atoms. The molecule has 0 bridgehead atoms. The largest absolute Gasteiger partial charge is 0.325 e. The third-order valence-corrected chi connectivity index (χ3v) is 4.57. The number of amides is 1. The predicted octanol–water partition coefficient (Wildman–Crippen LogP) is 3.46. The number of carbonyl (C=O) groups is 1. The zero-order valence-corrected chi connectivity index (χ0v) is 15.2. The molecule has 0 radical (unpaired) electrons. The highest BCUT2D eigenvalue weighted by Gasteiger charge is 2.11. The Morgan fingerprint density at radius 3 is 2.79 bits per heavy atom. The first-order chi connectivity index (χ1) is 11.6. The monoisotopic (exact) mass is 403 g/mol. The molecule has 6 nitrogen and oxygen atoms in total. The van der Waals surface area contributed by atoms with E-state index >= 15 is 0 Å². The van der Waals surface area contributed by atoms with E-state index in [2.05, 4.69) is 36.8 Å². The Hall–Kier alpha value is -2.19. The minimum Gasteiger partial charge on any atom is -0.325 e. The van der Waals surface area contributed by atoms with Gasteiger partial charge in [0.15, 0.2) is 0 Å². The van der Waals surface area contributed by atoms with Gasteiger partial charge in [-0.15, -0.1) is 5.10 Å². The van der Waals surface area contributed by atoms with Crippen molar-refractivity contribution >= 4 is 39.3 Å². The summed E-state index contributed by atoms with van der Waals surface area (Å²) in [5.74, 6) is 0.107. The molecule has 0 saturated carbocycles. The Morgan fingerprint density at radius 1 is 1.25 bits per heavy atom. The Morgan fingerprint density at radius 2 is 2.04 bits per heavy atom. The summed E-state index contributed by atoms with van der Waals surface area (Å²) in [5.41, 5.74) is 2.77. The molecule has 0 spiro atoms. The van der Waals surface area contributed by atoms with Crippen LogP contribution in [0, 0.1) is 6.92 Å². The molecule has 0 aliphatic heterocycles. The molecule has 1 N–H and O–H groups in total. The first-order valence-corrected chi connectivity index (χ1v) is 8.93. The van der Waals surface area contributed by atoms with E-state index in [0.29, 0.717) is 5.16 Å². The standard InChI is InChI=1S/C16H14BrN5OS/c1-11-5-7-14(8-6-11)22-16(19-20-21-22)24-10-15(23)18-13-4-2-3-12(17)9-13/h2-9H,10H2,1H3,(H,18,23). The number of aryl methyl sites for hydroxylation is 1. The lowest BCUT2D eigenvalue weighted by Gasteiger charge is -2.06. The number of hydrogen-bond acceptors (Lipinski definition) is 5. The molecule has 3 aromatic rings. The molecule has 8 heteroatoms. The van der Waals surface area contributed by atoms with Crippen LogP contribution in [0.4, 0.5) is 5.69 Å². The van der Waals surface area contributed by atoms with Crippen molar-refractivity contribution in [1.82, 2.24) is 20.2 Å². The summed E-state index contributed by atoms with van der Waals surface area (Å²) in [5, 5.41) is 15.1. The van der Waals surface area contributed by atoms with Crippen molar-refractivity contribution < 1.29 is 4.79 Å². The van der Waals surface area contributed by atoms with Crippen LogP contribution in [0.25, 0.3) is 5.69 Å². The average molecular weight is 404 g/mol. The smallest absolute Gasteiger partial charge is 0.234 e. The number of hydrogen-bond donors (Lipinski definition) is 1. The van der Waals surface area contributed by atoms with Gasteiger partial charge < -0.3 is 5.32 Å². The molecule has 2 aromatic carbocycles. The minimum atomic E-state index is -0.114. The zero-order chi connectivity index (χ0) is 16.9. The van der Waals surface area contributed by atoms with E-state index in [1.165, 1.54) is 11.8 Å². The van der Waals surface area contributed by atoms with Gasteiger partial charge in [-0.05, 0) is 47.7 Å². The summed E-state index contributed by atoms with van der Waals surface area (Å²) in [6.07, 6.45) is 0. The van der Waals surface area contributed by atoms with Crippen molar-refractivity contribution in [2.24, 2.45) is 0 Å². The van der Waals surface area contributed by atoms with Gasteiger partial charge in [0.1, 0.15) is 0 Å². The van der Waals surface area contributed by atoms with Crippen LogP contribution in [0.5, 0.6) is 0 Å². The Kier molecular flexibility index (Phi) is 5.27. The average Bonchev–Trinajstić information content (AvgIpc) is 3.02. The summed E-state index contributed by atoms with van der Waals surface area (Å²) in [4.78, 5) is 12.1. The quantitative estimate of drug-likeness (QED) is 0.660. The molecule has 3 rings (SSSR count). The third-order valence-electron chi connectivity index (χ3n) is 3.16. The second kappa shape index (κ2) is 7.59. The molecule has 0 aliphatic rings. The maximum atomic E-state index is 12.1. The van der Waals surface area contributed by atoms with Crippen LogP contribution >= 0.6 is 27.7 Å². The van der Waals surface area contributed by atoms with Crippen LogP contribution in [0.2, 0.25) is 0 Å². The van der Waals surface area contributed by atoms with Gasteiger partial charge in [0.2, 0.25) is 11.1 Å². The molecule has 1 heterocycles. The van der Waals surface area contributed by atoms with Gasteiger partial charge in [0.25, 0.3) is 0 Å². The molecule has 0 unspecified atom stereocenters. The van der Waals surface area contributed by atoms with E-state index in [1.807, 2.05) is 55.5 Å². The number of nitrogens with zero attached hydrogens (tertiary/aromatic N) is 4. The van der Waals surface area contributed by atoms with Gasteiger partial charge >= 0.3 is 0 Å². The van der Waals surface area contributed by atoms with Gasteiger partial charge in [-0.3, -0.25) is 4.79 Å². The van der Waals surface area contributed by atoms with Gasteiger partial charge in [0.05, 0.1) is 11.4 Å². The van der Waals surface area contributed by atoms with Gasteiger partial charge in [-0.25, -0.2) is 0 Å². The highest BCUT2D eigenvalue weighted by atomic mass is 79.9. The third kappa shape index (κ3) is 4.21. The van der Waals surface area contributed by atoms with Crippen LogP contribution in [0.15, 0.2) is 58.2 Å². The fraction of sp³-hybridized carbons (Fsp3) is 0.125. The number of halogens is 1. The van der Waals surface area contributed by atoms with Crippen LogP contribution in [0.3, 0.4) is 0 Å². The predicted molar refractivity (Wildman–Crippen MR) is 97.4 cm³/mol. The minimum absolute atomic E-state index is 0.114. The van der Waals surface area contributed by atoms with Crippen molar-refractivity contribution in [3.05, 3.63) is 58.6 Å². The highest BCUT2D eigenvalue weighted by Crippen LogP contribution is 2.20. The SMILES string of the molecule is Cc1ccc(-n2nnnc2SCC(=O)Nc2cccc(Br)c2)cc1. The van der Waals surface area contributed by atoms with Crippen LogP contribution in [0.1, 0.15) is 5.56 Å². The number of thioether (sulfide) groups is 1. The lowest BCUT2D eigenvalue weighted by Crippen LogP contribution is -2.14. The van der Waals surface area contributed by atoms with E-state index in [9.17, 15) is 4.79 Å². The van der Waals surface area contributed by atoms with Crippen molar-refractivity contribution in [1.29, 1.82) is 0 Å². The van der Waals surface area contributed by atoms with E-state index in [4.69, 9.17) is 0 Å². The lowest BCUT2D eigenvalue weighted by atomic mass is 10.2. The highest BCUT2D eigenvalue weighted by molar-refractivity contribution is 9.10. The van der Waals surface area contributed by atoms with E-state index in [1.54, 1.807) is 4.68 Å². The van der Waals surface area contributed by atoms with E-state index in [-0.39, 0.29) is 11.7 Å². The van der Waals surface area contributed by atoms with Crippen molar-refractivity contribution in [3.8, 4) is 5.69 Å². The fourth-order valence-corrected chi connectivity index (χ4v) is 3.10. The Balaban J connectivity index is 1.64. The molecule has 0 atom stereocenters. The summed E-state index contributed by atoms with van der Waals surface area (Å²) >= 11 is 4.66. The number of aromatic nitrogens is 4. The molecule has 0 fully saturated rings. The second-order valence-corrected chi connectivity index (χ2v) is 6.91. The molecule has 1 amide bonds. The number of rotatable bonds is 5. The molecule has 122 valence electrons.